The number of aliphatic hydroxyl groups excluding tert-OH is 1. The summed E-state index contributed by atoms with van der Waals surface area (Å²) in [6.07, 6.45) is -1.12. The van der Waals surface area contributed by atoms with Crippen LogP contribution in [0.15, 0.2) is 22.7 Å². The summed E-state index contributed by atoms with van der Waals surface area (Å²) in [5.41, 5.74) is 1.63. The molecular formula is C9H8BrCl3O. The minimum Gasteiger partial charge on any atom is -0.384 e. The first-order valence-corrected chi connectivity index (χ1v) is 5.76. The highest BCUT2D eigenvalue weighted by Gasteiger charge is 2.32. The molecule has 0 aliphatic carbocycles. The molecule has 78 valence electrons. The molecule has 1 atom stereocenters. The lowest BCUT2D eigenvalue weighted by Crippen LogP contribution is -2.16. The molecule has 0 bridgehead atoms. The lowest BCUT2D eigenvalue weighted by atomic mass is 10.1. The maximum Gasteiger partial charge on any atom is 0.220 e. The molecule has 1 nitrogen and oxygen atoms in total. The molecule has 0 aliphatic rings. The second-order valence-corrected chi connectivity index (χ2v) is 6.18. The van der Waals surface area contributed by atoms with E-state index < -0.39 is 9.90 Å². The zero-order valence-electron chi connectivity index (χ0n) is 7.27. The van der Waals surface area contributed by atoms with E-state index in [1.54, 1.807) is 12.1 Å². The van der Waals surface area contributed by atoms with Gasteiger partial charge < -0.3 is 5.11 Å². The third-order valence-electron chi connectivity index (χ3n) is 1.82. The van der Waals surface area contributed by atoms with Gasteiger partial charge in [0, 0.05) is 4.47 Å². The molecule has 0 radical (unpaired) electrons. The highest BCUT2D eigenvalue weighted by Crippen LogP contribution is 2.40. The average Bonchev–Trinajstić information content (AvgIpc) is 2.07. The molecule has 0 fully saturated rings. The Bertz CT molecular complexity index is 335. The summed E-state index contributed by atoms with van der Waals surface area (Å²) < 4.78 is -0.822. The van der Waals surface area contributed by atoms with Crippen molar-refractivity contribution < 1.29 is 5.11 Å². The Morgan fingerprint density at radius 3 is 2.36 bits per heavy atom. The lowest BCUT2D eigenvalue weighted by molar-refractivity contribution is 0.182. The van der Waals surface area contributed by atoms with Crippen molar-refractivity contribution in [1.29, 1.82) is 0 Å². The van der Waals surface area contributed by atoms with Crippen LogP contribution < -0.4 is 0 Å². The summed E-state index contributed by atoms with van der Waals surface area (Å²) in [4.78, 5) is 0. The molecular weight excluding hydrogens is 310 g/mol. The van der Waals surface area contributed by atoms with Crippen LogP contribution in [-0.4, -0.2) is 8.90 Å². The monoisotopic (exact) mass is 316 g/mol. The molecule has 0 aromatic heterocycles. The van der Waals surface area contributed by atoms with Gasteiger partial charge in [-0.2, -0.15) is 0 Å². The highest BCUT2D eigenvalue weighted by atomic mass is 79.9. The molecule has 1 aromatic carbocycles. The van der Waals surface area contributed by atoms with Crippen LogP contribution in [0.2, 0.25) is 0 Å². The number of aliphatic hydroxyl groups is 1. The standard InChI is InChI=1S/C9H8BrCl3O/c1-5-2-3-6(4-7(5)10)8(14)9(11,12)13/h2-4,8,14H,1H3. The van der Waals surface area contributed by atoms with Gasteiger partial charge >= 0.3 is 0 Å². The lowest BCUT2D eigenvalue weighted by Gasteiger charge is -2.19. The molecule has 1 rings (SSSR count). The smallest absolute Gasteiger partial charge is 0.220 e. The minimum atomic E-state index is -1.70. The van der Waals surface area contributed by atoms with Crippen LogP contribution >= 0.6 is 50.7 Å². The number of alkyl halides is 3. The van der Waals surface area contributed by atoms with E-state index in [1.165, 1.54) is 0 Å². The number of halogens is 4. The van der Waals surface area contributed by atoms with Crippen LogP contribution in [0.5, 0.6) is 0 Å². The summed E-state index contributed by atoms with van der Waals surface area (Å²) in [7, 11) is 0. The second-order valence-electron chi connectivity index (χ2n) is 2.95. The number of aryl methyl sites for hydroxylation is 1. The summed E-state index contributed by atoms with van der Waals surface area (Å²) >= 11 is 20.1. The highest BCUT2D eigenvalue weighted by molar-refractivity contribution is 9.10. The van der Waals surface area contributed by atoms with E-state index in [-0.39, 0.29) is 0 Å². The molecule has 0 spiro atoms. The van der Waals surface area contributed by atoms with Gasteiger partial charge in [0.15, 0.2) is 0 Å². The number of benzene rings is 1. The predicted molar refractivity (Wildman–Crippen MR) is 64.1 cm³/mol. The molecule has 1 aromatic rings. The molecule has 1 N–H and O–H groups in total. The Kier molecular flexibility index (Phi) is 4.12. The fourth-order valence-electron chi connectivity index (χ4n) is 0.968. The van der Waals surface area contributed by atoms with E-state index in [9.17, 15) is 5.11 Å². The molecule has 1 unspecified atom stereocenters. The van der Waals surface area contributed by atoms with Gasteiger partial charge in [0.05, 0.1) is 0 Å². The predicted octanol–water partition coefficient (Wildman–Crippen LogP) is 4.16. The van der Waals surface area contributed by atoms with Gasteiger partial charge in [-0.15, -0.1) is 0 Å². The van der Waals surface area contributed by atoms with Crippen LogP contribution in [0.25, 0.3) is 0 Å². The normalized spacial score (nSPS) is 14.1. The number of rotatable bonds is 1. The van der Waals surface area contributed by atoms with E-state index in [0.717, 1.165) is 10.0 Å². The third-order valence-corrected chi connectivity index (χ3v) is 3.30. The second kappa shape index (κ2) is 4.58. The van der Waals surface area contributed by atoms with Crippen molar-refractivity contribution in [2.24, 2.45) is 0 Å². The fourth-order valence-corrected chi connectivity index (χ4v) is 1.74. The topological polar surface area (TPSA) is 20.2 Å². The molecule has 14 heavy (non-hydrogen) atoms. The van der Waals surface area contributed by atoms with Crippen LogP contribution in [0.3, 0.4) is 0 Å². The van der Waals surface area contributed by atoms with Crippen LogP contribution in [0.4, 0.5) is 0 Å². The van der Waals surface area contributed by atoms with E-state index in [1.807, 2.05) is 13.0 Å². The largest absolute Gasteiger partial charge is 0.384 e. The number of hydrogen-bond acceptors (Lipinski definition) is 1. The number of hydrogen-bond donors (Lipinski definition) is 1. The van der Waals surface area contributed by atoms with Crippen molar-refractivity contribution in [1.82, 2.24) is 0 Å². The van der Waals surface area contributed by atoms with E-state index in [4.69, 9.17) is 34.8 Å². The molecule has 0 saturated heterocycles. The maximum absolute atomic E-state index is 9.66. The van der Waals surface area contributed by atoms with E-state index >= 15 is 0 Å². The van der Waals surface area contributed by atoms with Crippen LogP contribution in [0, 0.1) is 6.92 Å². The van der Waals surface area contributed by atoms with Crippen LogP contribution in [-0.2, 0) is 0 Å². The van der Waals surface area contributed by atoms with Gasteiger partial charge in [-0.25, -0.2) is 0 Å². The van der Waals surface area contributed by atoms with E-state index in [0.29, 0.717) is 5.56 Å². The summed E-state index contributed by atoms with van der Waals surface area (Å²) in [5, 5.41) is 9.66. The minimum absolute atomic E-state index is 0.572. The van der Waals surface area contributed by atoms with Crippen molar-refractivity contribution in [2.45, 2.75) is 16.8 Å². The Hall–Kier alpha value is 0.530. The molecule has 0 saturated carbocycles. The summed E-state index contributed by atoms with van der Waals surface area (Å²) in [5.74, 6) is 0. The van der Waals surface area contributed by atoms with Crippen molar-refractivity contribution in [2.75, 3.05) is 0 Å². The Morgan fingerprint density at radius 2 is 1.93 bits per heavy atom. The Labute approximate surface area is 106 Å². The van der Waals surface area contributed by atoms with Crippen LogP contribution in [0.1, 0.15) is 17.2 Å². The van der Waals surface area contributed by atoms with Gasteiger partial charge in [-0.3, -0.25) is 0 Å². The van der Waals surface area contributed by atoms with E-state index in [2.05, 4.69) is 15.9 Å². The maximum atomic E-state index is 9.66. The van der Waals surface area contributed by atoms with Gasteiger partial charge in [0.1, 0.15) is 6.10 Å². The van der Waals surface area contributed by atoms with Gasteiger partial charge in [-0.1, -0.05) is 62.9 Å². The zero-order chi connectivity index (χ0) is 10.9. The Morgan fingerprint density at radius 1 is 1.36 bits per heavy atom. The quantitative estimate of drug-likeness (QED) is 0.771. The fraction of sp³-hybridized carbons (Fsp3) is 0.333. The van der Waals surface area contributed by atoms with Gasteiger partial charge in [0.25, 0.3) is 0 Å². The van der Waals surface area contributed by atoms with Gasteiger partial charge in [0.2, 0.25) is 3.79 Å². The molecule has 0 amide bonds. The first-order chi connectivity index (χ1) is 6.32. The van der Waals surface area contributed by atoms with Crippen molar-refractivity contribution in [3.63, 3.8) is 0 Å². The van der Waals surface area contributed by atoms with Crippen molar-refractivity contribution >= 4 is 50.7 Å². The summed E-state index contributed by atoms with van der Waals surface area (Å²) in [6, 6.07) is 5.31. The third kappa shape index (κ3) is 3.01. The molecule has 5 heteroatoms. The van der Waals surface area contributed by atoms with Crippen molar-refractivity contribution in [3.05, 3.63) is 33.8 Å². The van der Waals surface area contributed by atoms with Gasteiger partial charge in [-0.05, 0) is 24.1 Å². The molecule has 0 heterocycles. The first kappa shape index (κ1) is 12.6. The first-order valence-electron chi connectivity index (χ1n) is 3.83. The summed E-state index contributed by atoms with van der Waals surface area (Å²) in [6.45, 7) is 1.94. The zero-order valence-corrected chi connectivity index (χ0v) is 11.1. The Balaban J connectivity index is 3.03. The molecule has 0 aliphatic heterocycles. The SMILES string of the molecule is Cc1ccc(C(O)C(Cl)(Cl)Cl)cc1Br. The average molecular weight is 318 g/mol. The van der Waals surface area contributed by atoms with Crippen molar-refractivity contribution in [3.8, 4) is 0 Å².